The lowest BCUT2D eigenvalue weighted by atomic mass is 10.1. The number of carbonyl (C=O) groups excluding carboxylic acids is 1. The highest BCUT2D eigenvalue weighted by molar-refractivity contribution is 6.34. The van der Waals surface area contributed by atoms with Crippen LogP contribution in [0.1, 0.15) is 23.7 Å². The smallest absolute Gasteiger partial charge is 0.165 e. The van der Waals surface area contributed by atoms with Crippen molar-refractivity contribution in [1.82, 2.24) is 4.98 Å². The molecular formula is C8H9ClN2O. The largest absolute Gasteiger partial charge is 0.384 e. The second-order valence-corrected chi connectivity index (χ2v) is 2.77. The molecule has 0 atom stereocenters. The number of aromatic nitrogens is 1. The van der Waals surface area contributed by atoms with Crippen LogP contribution >= 0.6 is 11.6 Å². The molecule has 12 heavy (non-hydrogen) atoms. The van der Waals surface area contributed by atoms with Crippen LogP contribution in [0.15, 0.2) is 12.3 Å². The first-order chi connectivity index (χ1) is 5.65. The van der Waals surface area contributed by atoms with Crippen LogP contribution in [0.3, 0.4) is 0 Å². The molecule has 0 bridgehead atoms. The first-order valence-corrected chi connectivity index (χ1v) is 3.97. The normalized spacial score (nSPS) is 9.83. The number of anilines is 1. The van der Waals surface area contributed by atoms with Crippen LogP contribution in [0.4, 0.5) is 5.82 Å². The van der Waals surface area contributed by atoms with Crippen LogP contribution in [-0.4, -0.2) is 10.8 Å². The monoisotopic (exact) mass is 184 g/mol. The SMILES string of the molecule is CCC(=O)c1cnc(N)cc1Cl. The van der Waals surface area contributed by atoms with E-state index in [1.165, 1.54) is 12.3 Å². The Kier molecular flexibility index (Phi) is 2.65. The number of halogens is 1. The molecule has 0 spiro atoms. The average molecular weight is 185 g/mol. The van der Waals surface area contributed by atoms with Gasteiger partial charge in [-0.1, -0.05) is 18.5 Å². The number of Topliss-reactive ketones (excluding diaryl/α,β-unsaturated/α-hetero) is 1. The van der Waals surface area contributed by atoms with Gasteiger partial charge >= 0.3 is 0 Å². The number of nitrogens with zero attached hydrogens (tertiary/aromatic N) is 1. The summed E-state index contributed by atoms with van der Waals surface area (Å²) in [5.74, 6) is 0.306. The predicted molar refractivity (Wildman–Crippen MR) is 48.3 cm³/mol. The maximum Gasteiger partial charge on any atom is 0.165 e. The van der Waals surface area contributed by atoms with Gasteiger partial charge < -0.3 is 5.73 Å². The molecule has 0 amide bonds. The van der Waals surface area contributed by atoms with E-state index in [4.69, 9.17) is 17.3 Å². The third kappa shape index (κ3) is 1.74. The Hall–Kier alpha value is -1.09. The molecule has 64 valence electrons. The van der Waals surface area contributed by atoms with E-state index >= 15 is 0 Å². The molecule has 1 aromatic heterocycles. The topological polar surface area (TPSA) is 56.0 Å². The molecule has 4 heteroatoms. The molecule has 0 aromatic carbocycles. The zero-order chi connectivity index (χ0) is 9.14. The summed E-state index contributed by atoms with van der Waals surface area (Å²) in [5, 5.41) is 0.370. The summed E-state index contributed by atoms with van der Waals surface area (Å²) >= 11 is 5.76. The highest BCUT2D eigenvalue weighted by Gasteiger charge is 2.08. The van der Waals surface area contributed by atoms with Gasteiger partial charge in [-0.15, -0.1) is 0 Å². The van der Waals surface area contributed by atoms with Crippen molar-refractivity contribution < 1.29 is 4.79 Å². The average Bonchev–Trinajstić information content (AvgIpc) is 2.03. The van der Waals surface area contributed by atoms with Gasteiger partial charge in [0.25, 0.3) is 0 Å². The van der Waals surface area contributed by atoms with E-state index in [0.717, 1.165) is 0 Å². The summed E-state index contributed by atoms with van der Waals surface area (Å²) in [5.41, 5.74) is 5.80. The molecule has 2 N–H and O–H groups in total. The third-order valence-corrected chi connectivity index (χ3v) is 1.81. The molecule has 0 aliphatic carbocycles. The highest BCUT2D eigenvalue weighted by atomic mass is 35.5. The van der Waals surface area contributed by atoms with Gasteiger partial charge in [0.15, 0.2) is 5.78 Å². The van der Waals surface area contributed by atoms with Gasteiger partial charge in [-0.3, -0.25) is 4.79 Å². The maximum absolute atomic E-state index is 11.2. The van der Waals surface area contributed by atoms with Crippen LogP contribution in [0, 0.1) is 0 Å². The Morgan fingerprint density at radius 2 is 2.42 bits per heavy atom. The fourth-order valence-electron chi connectivity index (χ4n) is 0.841. The van der Waals surface area contributed by atoms with Crippen LogP contribution in [0.25, 0.3) is 0 Å². The summed E-state index contributed by atoms with van der Waals surface area (Å²) < 4.78 is 0. The first-order valence-electron chi connectivity index (χ1n) is 3.59. The number of ketones is 1. The lowest BCUT2D eigenvalue weighted by Gasteiger charge is -2.00. The summed E-state index contributed by atoms with van der Waals surface area (Å²) in [7, 11) is 0. The quantitative estimate of drug-likeness (QED) is 0.715. The van der Waals surface area contributed by atoms with E-state index in [-0.39, 0.29) is 5.78 Å². The second kappa shape index (κ2) is 3.54. The van der Waals surface area contributed by atoms with Crippen molar-refractivity contribution in [3.8, 4) is 0 Å². The first kappa shape index (κ1) is 9.00. The van der Waals surface area contributed by atoms with Gasteiger partial charge in [-0.25, -0.2) is 4.98 Å². The fourth-order valence-corrected chi connectivity index (χ4v) is 1.11. The third-order valence-electron chi connectivity index (χ3n) is 1.50. The minimum atomic E-state index is -0.0208. The van der Waals surface area contributed by atoms with E-state index in [2.05, 4.69) is 4.98 Å². The molecule has 0 aliphatic heterocycles. The number of hydrogen-bond donors (Lipinski definition) is 1. The number of nitrogen functional groups attached to an aromatic ring is 1. The van der Waals surface area contributed by atoms with Crippen LogP contribution in [-0.2, 0) is 0 Å². The Morgan fingerprint density at radius 3 is 2.92 bits per heavy atom. The molecule has 0 radical (unpaired) electrons. The van der Waals surface area contributed by atoms with Crippen LogP contribution in [0.5, 0.6) is 0 Å². The van der Waals surface area contributed by atoms with Gasteiger partial charge in [-0.2, -0.15) is 0 Å². The lowest BCUT2D eigenvalue weighted by molar-refractivity contribution is 0.0988. The Morgan fingerprint density at radius 1 is 1.75 bits per heavy atom. The van der Waals surface area contributed by atoms with Crippen molar-refractivity contribution in [2.24, 2.45) is 0 Å². The molecule has 0 saturated carbocycles. The predicted octanol–water partition coefficient (Wildman–Crippen LogP) is 1.91. The van der Waals surface area contributed by atoms with E-state index in [9.17, 15) is 4.79 Å². The Labute approximate surface area is 75.6 Å². The zero-order valence-corrected chi connectivity index (χ0v) is 7.43. The van der Waals surface area contributed by atoms with Crippen molar-refractivity contribution in [1.29, 1.82) is 0 Å². The summed E-state index contributed by atoms with van der Waals surface area (Å²) in [4.78, 5) is 15.0. The van der Waals surface area contributed by atoms with Crippen LogP contribution < -0.4 is 5.73 Å². The molecule has 3 nitrogen and oxygen atoms in total. The van der Waals surface area contributed by atoms with Crippen molar-refractivity contribution in [2.75, 3.05) is 5.73 Å². The molecule has 0 aliphatic rings. The molecule has 0 fully saturated rings. The zero-order valence-electron chi connectivity index (χ0n) is 6.67. The number of rotatable bonds is 2. The molecule has 0 saturated heterocycles. The Balaban J connectivity index is 3.09. The molecule has 1 aromatic rings. The molecule has 1 rings (SSSR count). The maximum atomic E-state index is 11.2. The van der Waals surface area contributed by atoms with E-state index in [1.807, 2.05) is 0 Å². The van der Waals surface area contributed by atoms with E-state index in [1.54, 1.807) is 6.92 Å². The molecular weight excluding hydrogens is 176 g/mol. The summed E-state index contributed by atoms with van der Waals surface area (Å²) in [6.45, 7) is 1.77. The number of carbonyl (C=O) groups is 1. The summed E-state index contributed by atoms with van der Waals surface area (Å²) in [6.07, 6.45) is 1.83. The number of hydrogen-bond acceptors (Lipinski definition) is 3. The van der Waals surface area contributed by atoms with Crippen molar-refractivity contribution in [2.45, 2.75) is 13.3 Å². The fraction of sp³-hybridized carbons (Fsp3) is 0.250. The van der Waals surface area contributed by atoms with Crippen molar-refractivity contribution in [3.05, 3.63) is 22.8 Å². The lowest BCUT2D eigenvalue weighted by Crippen LogP contribution is -2.00. The van der Waals surface area contributed by atoms with E-state index in [0.29, 0.717) is 22.8 Å². The van der Waals surface area contributed by atoms with Crippen LogP contribution in [0.2, 0.25) is 5.02 Å². The van der Waals surface area contributed by atoms with Gasteiger partial charge in [0.1, 0.15) is 5.82 Å². The minimum Gasteiger partial charge on any atom is -0.384 e. The second-order valence-electron chi connectivity index (χ2n) is 2.37. The molecule has 1 heterocycles. The summed E-state index contributed by atoms with van der Waals surface area (Å²) in [6, 6.07) is 1.48. The molecule has 0 unspecified atom stereocenters. The number of nitrogens with two attached hydrogens (primary N) is 1. The van der Waals surface area contributed by atoms with Gasteiger partial charge in [0, 0.05) is 12.6 Å². The van der Waals surface area contributed by atoms with Crippen molar-refractivity contribution >= 4 is 23.2 Å². The number of pyridine rings is 1. The Bertz CT molecular complexity index is 312. The standard InChI is InChI=1S/C8H9ClN2O/c1-2-7(12)5-4-11-8(10)3-6(5)9/h3-4H,2H2,1H3,(H2,10,11). The highest BCUT2D eigenvalue weighted by Crippen LogP contribution is 2.18. The van der Waals surface area contributed by atoms with Gasteiger partial charge in [-0.05, 0) is 6.07 Å². The van der Waals surface area contributed by atoms with E-state index < -0.39 is 0 Å². The van der Waals surface area contributed by atoms with Gasteiger partial charge in [0.05, 0.1) is 10.6 Å². The minimum absolute atomic E-state index is 0.0208. The van der Waals surface area contributed by atoms with Crippen molar-refractivity contribution in [3.63, 3.8) is 0 Å². The van der Waals surface area contributed by atoms with Gasteiger partial charge in [0.2, 0.25) is 0 Å².